The quantitative estimate of drug-likeness (QED) is 0.785. The van der Waals surface area contributed by atoms with Crippen molar-refractivity contribution in [2.24, 2.45) is 0 Å². The van der Waals surface area contributed by atoms with Gasteiger partial charge in [0, 0.05) is 11.1 Å². The molecule has 0 aromatic heterocycles. The molecular formula is C15H13BrO3. The summed E-state index contributed by atoms with van der Waals surface area (Å²) in [6.45, 7) is 0.406. The molecule has 98 valence electrons. The number of para-hydroxylation sites is 1. The Hall–Kier alpha value is -1.81. The van der Waals surface area contributed by atoms with E-state index in [1.54, 1.807) is 25.3 Å². The number of ether oxygens (including phenoxy) is 2. The van der Waals surface area contributed by atoms with Crippen LogP contribution in [-0.2, 0) is 6.61 Å². The van der Waals surface area contributed by atoms with Crippen LogP contribution in [-0.4, -0.2) is 13.4 Å². The second kappa shape index (κ2) is 6.38. The number of carbonyl (C=O) groups excluding carboxylic acids is 1. The number of benzene rings is 2. The van der Waals surface area contributed by atoms with E-state index in [-0.39, 0.29) is 0 Å². The number of carbonyl (C=O) groups is 1. The van der Waals surface area contributed by atoms with Crippen LogP contribution < -0.4 is 9.47 Å². The van der Waals surface area contributed by atoms with E-state index in [4.69, 9.17) is 9.47 Å². The number of methoxy groups -OCH3 is 1. The molecule has 0 spiro atoms. The molecule has 3 nitrogen and oxygen atoms in total. The van der Waals surface area contributed by atoms with Crippen LogP contribution in [0.3, 0.4) is 0 Å². The van der Waals surface area contributed by atoms with Gasteiger partial charge in [0.05, 0.1) is 11.6 Å². The van der Waals surface area contributed by atoms with E-state index >= 15 is 0 Å². The maximum absolute atomic E-state index is 10.7. The average molecular weight is 321 g/mol. The normalized spacial score (nSPS) is 10.0. The molecule has 0 heterocycles. The highest BCUT2D eigenvalue weighted by Gasteiger charge is 2.05. The van der Waals surface area contributed by atoms with Crippen molar-refractivity contribution >= 4 is 22.2 Å². The van der Waals surface area contributed by atoms with E-state index in [2.05, 4.69) is 15.9 Å². The van der Waals surface area contributed by atoms with Gasteiger partial charge in [-0.05, 0) is 40.2 Å². The summed E-state index contributed by atoms with van der Waals surface area (Å²) < 4.78 is 11.7. The third kappa shape index (κ3) is 3.35. The van der Waals surface area contributed by atoms with Crippen molar-refractivity contribution in [1.82, 2.24) is 0 Å². The summed E-state index contributed by atoms with van der Waals surface area (Å²) in [5.41, 5.74) is 1.58. The Morgan fingerprint density at radius 3 is 2.63 bits per heavy atom. The molecule has 0 saturated carbocycles. The first-order valence-corrected chi connectivity index (χ1v) is 6.53. The summed E-state index contributed by atoms with van der Waals surface area (Å²) in [6, 6.07) is 12.9. The van der Waals surface area contributed by atoms with Gasteiger partial charge in [-0.2, -0.15) is 0 Å². The van der Waals surface area contributed by atoms with E-state index in [0.717, 1.165) is 22.1 Å². The lowest BCUT2D eigenvalue weighted by Crippen LogP contribution is -1.99. The summed E-state index contributed by atoms with van der Waals surface area (Å²) in [6.07, 6.45) is 0.800. The van der Waals surface area contributed by atoms with Crippen LogP contribution in [0.15, 0.2) is 46.9 Å². The third-order valence-corrected chi connectivity index (χ3v) is 3.29. The molecule has 0 unspecified atom stereocenters. The van der Waals surface area contributed by atoms with Crippen LogP contribution in [0.25, 0.3) is 0 Å². The van der Waals surface area contributed by atoms with Crippen LogP contribution in [0, 0.1) is 0 Å². The van der Waals surface area contributed by atoms with Crippen molar-refractivity contribution in [3.63, 3.8) is 0 Å². The first-order chi connectivity index (χ1) is 9.24. The molecule has 0 atom stereocenters. The molecule has 0 aliphatic carbocycles. The molecule has 4 heteroatoms. The Balaban J connectivity index is 2.12. The van der Waals surface area contributed by atoms with Crippen LogP contribution in [0.5, 0.6) is 11.5 Å². The Kier molecular flexibility index (Phi) is 4.58. The molecular weight excluding hydrogens is 308 g/mol. The van der Waals surface area contributed by atoms with Gasteiger partial charge in [-0.25, -0.2) is 0 Å². The predicted molar refractivity (Wildman–Crippen MR) is 76.9 cm³/mol. The predicted octanol–water partition coefficient (Wildman–Crippen LogP) is 3.85. The summed E-state index contributed by atoms with van der Waals surface area (Å²) in [5, 5.41) is 0. The van der Waals surface area contributed by atoms with Gasteiger partial charge in [-0.3, -0.25) is 4.79 Å². The molecule has 2 aromatic rings. The van der Waals surface area contributed by atoms with Gasteiger partial charge in [-0.15, -0.1) is 0 Å². The third-order valence-electron chi connectivity index (χ3n) is 2.67. The van der Waals surface area contributed by atoms with E-state index in [1.165, 1.54) is 0 Å². The van der Waals surface area contributed by atoms with Crippen LogP contribution in [0.2, 0.25) is 0 Å². The van der Waals surface area contributed by atoms with Gasteiger partial charge in [-0.1, -0.05) is 18.2 Å². The molecule has 0 fully saturated rings. The smallest absolute Gasteiger partial charge is 0.150 e. The highest BCUT2D eigenvalue weighted by atomic mass is 79.9. The number of halogens is 1. The molecule has 0 aliphatic rings. The van der Waals surface area contributed by atoms with Crippen molar-refractivity contribution in [1.29, 1.82) is 0 Å². The zero-order valence-corrected chi connectivity index (χ0v) is 12.0. The standard InChI is InChI=1S/C15H13BrO3/c1-18-14-5-3-2-4-12(14)10-19-15-7-6-11(9-17)8-13(15)16/h2-9H,10H2,1H3. The van der Waals surface area contributed by atoms with Crippen LogP contribution in [0.4, 0.5) is 0 Å². The second-order valence-corrected chi connectivity index (χ2v) is 4.76. The number of hydrogen-bond donors (Lipinski definition) is 0. The minimum Gasteiger partial charge on any atom is -0.496 e. The molecule has 0 saturated heterocycles. The molecule has 2 rings (SSSR count). The Labute approximate surface area is 120 Å². The maximum Gasteiger partial charge on any atom is 0.150 e. The largest absolute Gasteiger partial charge is 0.496 e. The van der Waals surface area contributed by atoms with E-state index < -0.39 is 0 Å². The first kappa shape index (κ1) is 13.6. The highest BCUT2D eigenvalue weighted by Crippen LogP contribution is 2.27. The summed E-state index contributed by atoms with van der Waals surface area (Å²) in [5.74, 6) is 1.49. The molecule has 2 aromatic carbocycles. The lowest BCUT2D eigenvalue weighted by molar-refractivity contribution is 0.112. The lowest BCUT2D eigenvalue weighted by atomic mass is 10.2. The minimum absolute atomic E-state index is 0.406. The maximum atomic E-state index is 10.7. The van der Waals surface area contributed by atoms with Gasteiger partial charge >= 0.3 is 0 Å². The SMILES string of the molecule is COc1ccccc1COc1ccc(C=O)cc1Br. The van der Waals surface area contributed by atoms with E-state index in [1.807, 2.05) is 24.3 Å². The fourth-order valence-electron chi connectivity index (χ4n) is 1.69. The van der Waals surface area contributed by atoms with Crippen molar-refractivity contribution in [3.8, 4) is 11.5 Å². The van der Waals surface area contributed by atoms with Gasteiger partial charge in [0.1, 0.15) is 24.4 Å². The van der Waals surface area contributed by atoms with E-state index in [0.29, 0.717) is 17.9 Å². The summed E-state index contributed by atoms with van der Waals surface area (Å²) >= 11 is 3.38. The van der Waals surface area contributed by atoms with Gasteiger partial charge in [0.25, 0.3) is 0 Å². The number of aldehydes is 1. The number of hydrogen-bond acceptors (Lipinski definition) is 3. The topological polar surface area (TPSA) is 35.5 Å². The van der Waals surface area contributed by atoms with Crippen molar-refractivity contribution in [2.45, 2.75) is 6.61 Å². The first-order valence-electron chi connectivity index (χ1n) is 5.74. The molecule has 0 aliphatic heterocycles. The fourth-order valence-corrected chi connectivity index (χ4v) is 2.20. The van der Waals surface area contributed by atoms with Crippen molar-refractivity contribution in [3.05, 3.63) is 58.1 Å². The second-order valence-electron chi connectivity index (χ2n) is 3.91. The average Bonchev–Trinajstić information content (AvgIpc) is 2.46. The Bertz CT molecular complexity index is 581. The van der Waals surface area contributed by atoms with Crippen LogP contribution in [0.1, 0.15) is 15.9 Å². The monoisotopic (exact) mass is 320 g/mol. The molecule has 0 amide bonds. The fraction of sp³-hybridized carbons (Fsp3) is 0.133. The molecule has 0 N–H and O–H groups in total. The molecule has 19 heavy (non-hydrogen) atoms. The molecule has 0 bridgehead atoms. The summed E-state index contributed by atoms with van der Waals surface area (Å²) in [4.78, 5) is 10.7. The van der Waals surface area contributed by atoms with Gasteiger partial charge in [0.15, 0.2) is 0 Å². The van der Waals surface area contributed by atoms with Crippen molar-refractivity contribution in [2.75, 3.05) is 7.11 Å². The Morgan fingerprint density at radius 2 is 1.95 bits per heavy atom. The highest BCUT2D eigenvalue weighted by molar-refractivity contribution is 9.10. The van der Waals surface area contributed by atoms with Crippen LogP contribution >= 0.6 is 15.9 Å². The minimum atomic E-state index is 0.406. The van der Waals surface area contributed by atoms with Gasteiger partial charge < -0.3 is 9.47 Å². The number of rotatable bonds is 5. The zero-order valence-electron chi connectivity index (χ0n) is 10.4. The van der Waals surface area contributed by atoms with Crippen molar-refractivity contribution < 1.29 is 14.3 Å². The molecule has 0 radical (unpaired) electrons. The lowest BCUT2D eigenvalue weighted by Gasteiger charge is -2.11. The summed E-state index contributed by atoms with van der Waals surface area (Å²) in [7, 11) is 1.63. The zero-order chi connectivity index (χ0) is 13.7. The van der Waals surface area contributed by atoms with E-state index in [9.17, 15) is 4.79 Å². The van der Waals surface area contributed by atoms with Gasteiger partial charge in [0.2, 0.25) is 0 Å². The Morgan fingerprint density at radius 1 is 1.16 bits per heavy atom.